The maximum atomic E-state index is 11.2. The number of thiocarbonyl (C=S) groups is 1. The van der Waals surface area contributed by atoms with Gasteiger partial charge in [0.1, 0.15) is 0 Å². The fourth-order valence-corrected chi connectivity index (χ4v) is 0.714. The fraction of sp³-hybridized carbons (Fsp3) is 0.286. The summed E-state index contributed by atoms with van der Waals surface area (Å²) in [5, 5.41) is 7.14. The van der Waals surface area contributed by atoms with Crippen molar-refractivity contribution >= 4 is 29.6 Å². The van der Waals surface area contributed by atoms with Crippen LogP contribution in [0.3, 0.4) is 0 Å². The highest BCUT2D eigenvalue weighted by atomic mass is 32.1. The Morgan fingerprint density at radius 3 is 2.54 bits per heavy atom. The zero-order valence-corrected chi connectivity index (χ0v) is 8.20. The Bertz CT molecular complexity index is 250. The molecule has 0 aliphatic rings. The molecule has 3 N–H and O–H groups in total. The molecule has 0 saturated heterocycles. The lowest BCUT2D eigenvalue weighted by atomic mass is 10.3. The third kappa shape index (κ3) is 4.91. The molecule has 0 unspecified atom stereocenters. The first-order chi connectivity index (χ1) is 6.11. The first kappa shape index (κ1) is 11.6. The number of amides is 2. The Morgan fingerprint density at radius 1 is 1.46 bits per heavy atom. The normalized spacial score (nSPS) is 10.2. The molecule has 0 spiro atoms. The molecule has 6 heteroatoms. The standard InChI is InChI=1S/C7H11N3O2S/c1-5(3-8-2)6(12)10-7(13)9-4-11/h3-4,8H,1-2H3,(H2,9,10,11,12,13). The van der Waals surface area contributed by atoms with E-state index in [0.29, 0.717) is 12.0 Å². The smallest absolute Gasteiger partial charge is 0.254 e. The van der Waals surface area contributed by atoms with Crippen LogP contribution < -0.4 is 16.0 Å². The van der Waals surface area contributed by atoms with Gasteiger partial charge < -0.3 is 10.6 Å². The van der Waals surface area contributed by atoms with Gasteiger partial charge in [-0.05, 0) is 19.1 Å². The van der Waals surface area contributed by atoms with Gasteiger partial charge in [-0.3, -0.25) is 14.9 Å². The summed E-state index contributed by atoms with van der Waals surface area (Å²) in [7, 11) is 1.68. The van der Waals surface area contributed by atoms with E-state index >= 15 is 0 Å². The lowest BCUT2D eigenvalue weighted by Crippen LogP contribution is -2.39. The Hall–Kier alpha value is -1.43. The second-order valence-corrected chi connectivity index (χ2v) is 2.57. The summed E-state index contributed by atoms with van der Waals surface area (Å²) in [6.45, 7) is 1.62. The summed E-state index contributed by atoms with van der Waals surface area (Å²) in [6, 6.07) is 0. The van der Waals surface area contributed by atoms with Crippen LogP contribution in [-0.4, -0.2) is 24.5 Å². The average Bonchev–Trinajstić information content (AvgIpc) is 2.05. The number of rotatable bonds is 3. The molecule has 72 valence electrons. The van der Waals surface area contributed by atoms with Crippen LogP contribution in [-0.2, 0) is 9.59 Å². The first-order valence-electron chi connectivity index (χ1n) is 3.51. The number of carbonyl (C=O) groups is 2. The van der Waals surface area contributed by atoms with Crippen molar-refractivity contribution in [3.05, 3.63) is 11.8 Å². The molecule has 2 amide bonds. The Kier molecular flexibility index (Phi) is 5.45. The maximum Gasteiger partial charge on any atom is 0.254 e. The highest BCUT2D eigenvalue weighted by Gasteiger charge is 2.04. The SMILES string of the molecule is CNC=C(C)C(=O)NC(=S)NC=O. The predicted octanol–water partition coefficient (Wildman–Crippen LogP) is -0.743. The van der Waals surface area contributed by atoms with Crippen molar-refractivity contribution in [3.63, 3.8) is 0 Å². The molecule has 0 aliphatic heterocycles. The molecule has 0 aromatic heterocycles. The van der Waals surface area contributed by atoms with Gasteiger partial charge in [0, 0.05) is 18.8 Å². The van der Waals surface area contributed by atoms with Crippen LogP contribution in [0.4, 0.5) is 0 Å². The van der Waals surface area contributed by atoms with Crippen LogP contribution in [0, 0.1) is 0 Å². The van der Waals surface area contributed by atoms with Crippen molar-refractivity contribution in [3.8, 4) is 0 Å². The van der Waals surface area contributed by atoms with Gasteiger partial charge in [-0.2, -0.15) is 0 Å². The topological polar surface area (TPSA) is 70.2 Å². The minimum absolute atomic E-state index is 0.0103. The molecule has 5 nitrogen and oxygen atoms in total. The van der Waals surface area contributed by atoms with Crippen LogP contribution in [0.5, 0.6) is 0 Å². The van der Waals surface area contributed by atoms with E-state index in [2.05, 4.69) is 28.2 Å². The van der Waals surface area contributed by atoms with E-state index in [1.54, 1.807) is 14.0 Å². The molecule has 0 radical (unpaired) electrons. The van der Waals surface area contributed by atoms with E-state index in [9.17, 15) is 9.59 Å². The van der Waals surface area contributed by atoms with Crippen molar-refractivity contribution < 1.29 is 9.59 Å². The zero-order valence-electron chi connectivity index (χ0n) is 7.38. The summed E-state index contributed by atoms with van der Waals surface area (Å²) >= 11 is 4.61. The number of hydrogen-bond acceptors (Lipinski definition) is 4. The largest absolute Gasteiger partial charge is 0.394 e. The number of hydrogen-bond donors (Lipinski definition) is 3. The van der Waals surface area contributed by atoms with Gasteiger partial charge in [-0.25, -0.2) is 0 Å². The predicted molar refractivity (Wildman–Crippen MR) is 52.8 cm³/mol. The first-order valence-corrected chi connectivity index (χ1v) is 3.92. The lowest BCUT2D eigenvalue weighted by molar-refractivity contribution is -0.116. The average molecular weight is 201 g/mol. The van der Waals surface area contributed by atoms with E-state index < -0.39 is 0 Å². The van der Waals surface area contributed by atoms with Gasteiger partial charge in [-0.15, -0.1) is 0 Å². The molecule has 0 heterocycles. The molecule has 0 bridgehead atoms. The van der Waals surface area contributed by atoms with Crippen molar-refractivity contribution in [1.29, 1.82) is 0 Å². The quantitative estimate of drug-likeness (QED) is 0.319. The summed E-state index contributed by atoms with van der Waals surface area (Å²) in [5.41, 5.74) is 0.470. The zero-order chi connectivity index (χ0) is 10.3. The van der Waals surface area contributed by atoms with Gasteiger partial charge in [0.15, 0.2) is 5.11 Å². The highest BCUT2D eigenvalue weighted by Crippen LogP contribution is 1.88. The minimum atomic E-state index is -0.353. The van der Waals surface area contributed by atoms with Crippen molar-refractivity contribution in [1.82, 2.24) is 16.0 Å². The summed E-state index contributed by atoms with van der Waals surface area (Å²) < 4.78 is 0. The minimum Gasteiger partial charge on any atom is -0.394 e. The van der Waals surface area contributed by atoms with Crippen LogP contribution in [0.2, 0.25) is 0 Å². The van der Waals surface area contributed by atoms with Crippen molar-refractivity contribution in [2.75, 3.05) is 7.05 Å². The van der Waals surface area contributed by atoms with E-state index in [0.717, 1.165) is 0 Å². The molecule has 13 heavy (non-hydrogen) atoms. The number of nitrogens with one attached hydrogen (secondary N) is 3. The molecular weight excluding hydrogens is 190 g/mol. The summed E-state index contributed by atoms with van der Waals surface area (Å²) in [6.07, 6.45) is 1.93. The molecule has 0 aromatic carbocycles. The van der Waals surface area contributed by atoms with Gasteiger partial charge in [-0.1, -0.05) is 0 Å². The van der Waals surface area contributed by atoms with E-state index in [4.69, 9.17) is 0 Å². The lowest BCUT2D eigenvalue weighted by Gasteiger charge is -2.04. The Balaban J connectivity index is 4.07. The number of carbonyl (C=O) groups excluding carboxylic acids is 2. The molecule has 0 aromatic rings. The van der Waals surface area contributed by atoms with Gasteiger partial charge in [0.2, 0.25) is 6.41 Å². The third-order valence-electron chi connectivity index (χ3n) is 1.14. The van der Waals surface area contributed by atoms with Crippen LogP contribution in [0.25, 0.3) is 0 Å². The van der Waals surface area contributed by atoms with E-state index in [-0.39, 0.29) is 11.0 Å². The molecule has 0 atom stereocenters. The van der Waals surface area contributed by atoms with Crippen LogP contribution in [0.15, 0.2) is 11.8 Å². The Labute approximate surface area is 81.6 Å². The molecule has 0 rings (SSSR count). The monoisotopic (exact) mass is 201 g/mol. The highest BCUT2D eigenvalue weighted by molar-refractivity contribution is 7.80. The van der Waals surface area contributed by atoms with E-state index in [1.165, 1.54) is 6.20 Å². The molecule has 0 fully saturated rings. The molecule has 0 saturated carbocycles. The van der Waals surface area contributed by atoms with Crippen molar-refractivity contribution in [2.45, 2.75) is 6.92 Å². The maximum absolute atomic E-state index is 11.2. The molecular formula is C7H11N3O2S. The van der Waals surface area contributed by atoms with Crippen molar-refractivity contribution in [2.24, 2.45) is 0 Å². The second kappa shape index (κ2) is 6.13. The van der Waals surface area contributed by atoms with Gasteiger partial charge >= 0.3 is 0 Å². The summed E-state index contributed by atoms with van der Waals surface area (Å²) in [4.78, 5) is 21.1. The Morgan fingerprint density at radius 2 is 2.08 bits per heavy atom. The van der Waals surface area contributed by atoms with Crippen LogP contribution in [0.1, 0.15) is 6.92 Å². The van der Waals surface area contributed by atoms with Gasteiger partial charge in [0.05, 0.1) is 0 Å². The van der Waals surface area contributed by atoms with E-state index in [1.807, 2.05) is 0 Å². The third-order valence-corrected chi connectivity index (χ3v) is 1.36. The van der Waals surface area contributed by atoms with Gasteiger partial charge in [0.25, 0.3) is 5.91 Å². The van der Waals surface area contributed by atoms with Crippen LogP contribution >= 0.6 is 12.2 Å². The fourth-order valence-electron chi connectivity index (χ4n) is 0.573. The second-order valence-electron chi connectivity index (χ2n) is 2.16. The summed E-state index contributed by atoms with van der Waals surface area (Å²) in [5.74, 6) is -0.353. The molecule has 0 aliphatic carbocycles.